The van der Waals surface area contributed by atoms with Gasteiger partial charge in [0.15, 0.2) is 5.96 Å². The van der Waals surface area contributed by atoms with Crippen molar-refractivity contribution in [1.82, 2.24) is 15.1 Å². The highest BCUT2D eigenvalue weighted by Crippen LogP contribution is 2.16. The van der Waals surface area contributed by atoms with Crippen molar-refractivity contribution in [2.24, 2.45) is 4.99 Å². The van der Waals surface area contributed by atoms with E-state index in [2.05, 4.69) is 29.0 Å². The van der Waals surface area contributed by atoms with Gasteiger partial charge < -0.3 is 15.1 Å². The van der Waals surface area contributed by atoms with Gasteiger partial charge in [0.25, 0.3) is 0 Å². The molecular formula is C17H35IN4. The summed E-state index contributed by atoms with van der Waals surface area (Å²) in [7, 11) is 0. The Hall–Kier alpha value is -0.0400. The van der Waals surface area contributed by atoms with Crippen molar-refractivity contribution in [2.45, 2.75) is 64.8 Å². The second-order valence-electron chi connectivity index (χ2n) is 6.52. The number of nitrogens with one attached hydrogen (secondary N) is 1. The van der Waals surface area contributed by atoms with E-state index in [0.717, 1.165) is 25.1 Å². The van der Waals surface area contributed by atoms with Crippen LogP contribution in [-0.4, -0.2) is 61.1 Å². The molecule has 4 nitrogen and oxygen atoms in total. The van der Waals surface area contributed by atoms with Gasteiger partial charge in [0.1, 0.15) is 0 Å². The fourth-order valence-electron chi connectivity index (χ4n) is 3.46. The normalized spacial score (nSPS) is 23.5. The second kappa shape index (κ2) is 11.5. The SMILES string of the molecule is CCNC(=NCCCCN1CCCCC1C)N1CCCC1.I. The van der Waals surface area contributed by atoms with Crippen LogP contribution in [0.15, 0.2) is 4.99 Å². The summed E-state index contributed by atoms with van der Waals surface area (Å²) in [6.45, 7) is 11.4. The first kappa shape index (κ1) is 20.0. The summed E-state index contributed by atoms with van der Waals surface area (Å²) in [6.07, 6.45) is 9.33. The fourth-order valence-corrected chi connectivity index (χ4v) is 3.46. The smallest absolute Gasteiger partial charge is 0.193 e. The molecule has 0 saturated carbocycles. The Morgan fingerprint density at radius 3 is 2.50 bits per heavy atom. The quantitative estimate of drug-likeness (QED) is 0.308. The molecule has 1 atom stereocenters. The number of hydrogen-bond acceptors (Lipinski definition) is 2. The van der Waals surface area contributed by atoms with Crippen molar-refractivity contribution >= 4 is 29.9 Å². The largest absolute Gasteiger partial charge is 0.357 e. The molecule has 0 amide bonds. The number of unbranched alkanes of at least 4 members (excludes halogenated alkanes) is 1. The number of piperidine rings is 1. The molecule has 2 heterocycles. The number of aliphatic imine (C=N–C) groups is 1. The van der Waals surface area contributed by atoms with Crippen LogP contribution in [0.1, 0.15) is 58.8 Å². The van der Waals surface area contributed by atoms with Crippen LogP contribution in [0, 0.1) is 0 Å². The molecule has 22 heavy (non-hydrogen) atoms. The topological polar surface area (TPSA) is 30.9 Å². The summed E-state index contributed by atoms with van der Waals surface area (Å²) in [5.74, 6) is 1.14. The maximum Gasteiger partial charge on any atom is 0.193 e. The molecule has 0 aromatic carbocycles. The van der Waals surface area contributed by atoms with E-state index in [9.17, 15) is 0 Å². The summed E-state index contributed by atoms with van der Waals surface area (Å²) in [6, 6.07) is 0.796. The maximum absolute atomic E-state index is 4.81. The molecule has 130 valence electrons. The molecule has 2 aliphatic rings. The number of likely N-dealkylation sites (tertiary alicyclic amines) is 2. The average molecular weight is 422 g/mol. The monoisotopic (exact) mass is 422 g/mol. The van der Waals surface area contributed by atoms with E-state index in [1.54, 1.807) is 0 Å². The zero-order chi connectivity index (χ0) is 14.9. The van der Waals surface area contributed by atoms with Crippen molar-refractivity contribution in [2.75, 3.05) is 39.3 Å². The maximum atomic E-state index is 4.81. The molecule has 0 radical (unpaired) electrons. The predicted octanol–water partition coefficient (Wildman–Crippen LogP) is 3.32. The average Bonchev–Trinajstić information content (AvgIpc) is 3.02. The lowest BCUT2D eigenvalue weighted by Crippen LogP contribution is -2.39. The molecule has 0 aromatic heterocycles. The summed E-state index contributed by atoms with van der Waals surface area (Å²) in [5.41, 5.74) is 0. The molecule has 0 aliphatic carbocycles. The molecule has 0 aromatic rings. The summed E-state index contributed by atoms with van der Waals surface area (Å²) < 4.78 is 0. The van der Waals surface area contributed by atoms with Gasteiger partial charge in [0.2, 0.25) is 0 Å². The van der Waals surface area contributed by atoms with Crippen LogP contribution < -0.4 is 5.32 Å². The molecule has 5 heteroatoms. The lowest BCUT2D eigenvalue weighted by Gasteiger charge is -2.33. The summed E-state index contributed by atoms with van der Waals surface area (Å²) in [4.78, 5) is 9.89. The van der Waals surface area contributed by atoms with Crippen molar-refractivity contribution in [1.29, 1.82) is 0 Å². The number of guanidine groups is 1. The number of halogens is 1. The Kier molecular flexibility index (Phi) is 10.4. The highest BCUT2D eigenvalue weighted by molar-refractivity contribution is 14.0. The van der Waals surface area contributed by atoms with Crippen LogP contribution in [0.2, 0.25) is 0 Å². The predicted molar refractivity (Wildman–Crippen MR) is 106 cm³/mol. The number of rotatable bonds is 6. The minimum Gasteiger partial charge on any atom is -0.357 e. The van der Waals surface area contributed by atoms with E-state index in [4.69, 9.17) is 4.99 Å². The van der Waals surface area contributed by atoms with Crippen LogP contribution in [0.25, 0.3) is 0 Å². The number of nitrogens with zero attached hydrogens (tertiary/aromatic N) is 3. The van der Waals surface area contributed by atoms with E-state index in [0.29, 0.717) is 0 Å². The molecule has 1 unspecified atom stereocenters. The first-order valence-corrected chi connectivity index (χ1v) is 9.08. The first-order chi connectivity index (χ1) is 10.3. The van der Waals surface area contributed by atoms with Crippen molar-refractivity contribution < 1.29 is 0 Å². The van der Waals surface area contributed by atoms with Gasteiger partial charge >= 0.3 is 0 Å². The van der Waals surface area contributed by atoms with Gasteiger partial charge in [-0.3, -0.25) is 4.99 Å². The molecule has 2 fully saturated rings. The standard InChI is InChI=1S/C17H34N4.HI/c1-3-18-17(21-14-8-9-15-21)19-11-5-7-13-20-12-6-4-10-16(20)2;/h16H,3-15H2,1-2H3,(H,18,19);1H. The Morgan fingerprint density at radius 1 is 1.09 bits per heavy atom. The lowest BCUT2D eigenvalue weighted by molar-refractivity contribution is 0.158. The third-order valence-electron chi connectivity index (χ3n) is 4.80. The highest BCUT2D eigenvalue weighted by Gasteiger charge is 2.17. The molecule has 2 saturated heterocycles. The van der Waals surface area contributed by atoms with Crippen molar-refractivity contribution in [3.63, 3.8) is 0 Å². The Bertz CT molecular complexity index is 316. The van der Waals surface area contributed by atoms with Crippen LogP contribution in [-0.2, 0) is 0 Å². The molecule has 2 aliphatic heterocycles. The zero-order valence-corrected chi connectivity index (χ0v) is 16.8. The molecular weight excluding hydrogens is 387 g/mol. The van der Waals surface area contributed by atoms with Gasteiger partial charge in [-0.05, 0) is 65.5 Å². The second-order valence-corrected chi connectivity index (χ2v) is 6.52. The number of hydrogen-bond donors (Lipinski definition) is 1. The van der Waals surface area contributed by atoms with E-state index in [-0.39, 0.29) is 24.0 Å². The van der Waals surface area contributed by atoms with E-state index < -0.39 is 0 Å². The van der Waals surface area contributed by atoms with Crippen LogP contribution in [0.5, 0.6) is 0 Å². The minimum atomic E-state index is 0. The molecule has 2 rings (SSSR count). The lowest BCUT2D eigenvalue weighted by atomic mass is 10.0. The van der Waals surface area contributed by atoms with E-state index in [1.807, 2.05) is 0 Å². The Labute approximate surface area is 154 Å². The van der Waals surface area contributed by atoms with Crippen LogP contribution in [0.4, 0.5) is 0 Å². The van der Waals surface area contributed by atoms with Gasteiger partial charge in [-0.2, -0.15) is 0 Å². The van der Waals surface area contributed by atoms with Gasteiger partial charge in [0, 0.05) is 32.2 Å². The Balaban J connectivity index is 0.00000242. The van der Waals surface area contributed by atoms with Gasteiger partial charge in [-0.25, -0.2) is 0 Å². The zero-order valence-electron chi connectivity index (χ0n) is 14.5. The highest BCUT2D eigenvalue weighted by atomic mass is 127. The summed E-state index contributed by atoms with van der Waals surface area (Å²) in [5, 5.41) is 3.44. The summed E-state index contributed by atoms with van der Waals surface area (Å²) >= 11 is 0. The van der Waals surface area contributed by atoms with E-state index >= 15 is 0 Å². The molecule has 0 spiro atoms. The first-order valence-electron chi connectivity index (χ1n) is 9.08. The van der Waals surface area contributed by atoms with Gasteiger partial charge in [-0.15, -0.1) is 24.0 Å². The molecule has 0 bridgehead atoms. The fraction of sp³-hybridized carbons (Fsp3) is 0.941. The van der Waals surface area contributed by atoms with Crippen LogP contribution >= 0.6 is 24.0 Å². The van der Waals surface area contributed by atoms with Crippen LogP contribution in [0.3, 0.4) is 0 Å². The van der Waals surface area contributed by atoms with Gasteiger partial charge in [0.05, 0.1) is 0 Å². The minimum absolute atomic E-state index is 0. The van der Waals surface area contributed by atoms with Crippen molar-refractivity contribution in [3.05, 3.63) is 0 Å². The third-order valence-corrected chi connectivity index (χ3v) is 4.80. The van der Waals surface area contributed by atoms with E-state index in [1.165, 1.54) is 71.1 Å². The van der Waals surface area contributed by atoms with Gasteiger partial charge in [-0.1, -0.05) is 6.42 Å². The molecule has 1 N–H and O–H groups in total. The Morgan fingerprint density at radius 2 is 1.82 bits per heavy atom. The van der Waals surface area contributed by atoms with Crippen molar-refractivity contribution in [3.8, 4) is 0 Å². The third kappa shape index (κ3) is 6.60.